The van der Waals surface area contributed by atoms with Crippen molar-refractivity contribution in [2.24, 2.45) is 0 Å². The Morgan fingerprint density at radius 2 is 2.44 bits per heavy atom. The summed E-state index contributed by atoms with van der Waals surface area (Å²) in [5.41, 5.74) is 2.29. The lowest BCUT2D eigenvalue weighted by Gasteiger charge is -2.20. The lowest BCUT2D eigenvalue weighted by molar-refractivity contribution is 0.460. The third kappa shape index (κ3) is 1.90. The van der Waals surface area contributed by atoms with Crippen LogP contribution in [0.25, 0.3) is 11.3 Å². The Labute approximate surface area is 98.9 Å². The summed E-state index contributed by atoms with van der Waals surface area (Å²) in [5, 5.41) is 6.88. The molecule has 3 rings (SSSR count). The number of hydrogen-bond donors (Lipinski definition) is 2. The Morgan fingerprint density at radius 3 is 3.19 bits per heavy atom. The van der Waals surface area contributed by atoms with Crippen LogP contribution in [0.2, 0.25) is 0 Å². The SMILES string of the molecule is c1cc(-c2csc(C3CCCNC3)n2)c[nH]1. The zero-order valence-electron chi connectivity index (χ0n) is 9.07. The highest BCUT2D eigenvalue weighted by Gasteiger charge is 2.18. The van der Waals surface area contributed by atoms with E-state index in [0.29, 0.717) is 5.92 Å². The van der Waals surface area contributed by atoms with E-state index in [1.807, 2.05) is 12.4 Å². The van der Waals surface area contributed by atoms with Crippen molar-refractivity contribution in [3.05, 3.63) is 28.8 Å². The molecule has 1 atom stereocenters. The number of piperidine rings is 1. The first kappa shape index (κ1) is 10.1. The van der Waals surface area contributed by atoms with Gasteiger partial charge in [0.2, 0.25) is 0 Å². The van der Waals surface area contributed by atoms with E-state index in [2.05, 4.69) is 21.7 Å². The van der Waals surface area contributed by atoms with Crippen molar-refractivity contribution in [1.29, 1.82) is 0 Å². The fraction of sp³-hybridized carbons (Fsp3) is 0.417. The first-order valence-electron chi connectivity index (χ1n) is 5.73. The highest BCUT2D eigenvalue weighted by Crippen LogP contribution is 2.29. The third-order valence-corrected chi connectivity index (χ3v) is 4.07. The normalized spacial score (nSPS) is 21.1. The minimum atomic E-state index is 0.617. The molecule has 0 radical (unpaired) electrons. The second-order valence-corrected chi connectivity index (χ2v) is 5.10. The number of hydrogen-bond acceptors (Lipinski definition) is 3. The fourth-order valence-electron chi connectivity index (χ4n) is 2.15. The van der Waals surface area contributed by atoms with E-state index in [1.165, 1.54) is 23.4 Å². The molecule has 16 heavy (non-hydrogen) atoms. The van der Waals surface area contributed by atoms with Crippen molar-refractivity contribution >= 4 is 11.3 Å². The molecule has 2 aromatic rings. The number of thiazole rings is 1. The van der Waals surface area contributed by atoms with E-state index in [4.69, 9.17) is 4.98 Å². The third-order valence-electron chi connectivity index (χ3n) is 3.06. The fourth-order valence-corrected chi connectivity index (χ4v) is 3.12. The van der Waals surface area contributed by atoms with Crippen LogP contribution in [-0.2, 0) is 0 Å². The molecule has 84 valence electrons. The van der Waals surface area contributed by atoms with Gasteiger partial charge in [0.1, 0.15) is 0 Å². The molecular weight excluding hydrogens is 218 g/mol. The van der Waals surface area contributed by atoms with Crippen molar-refractivity contribution < 1.29 is 0 Å². The molecule has 0 spiro atoms. The van der Waals surface area contributed by atoms with Crippen LogP contribution >= 0.6 is 11.3 Å². The lowest BCUT2D eigenvalue weighted by atomic mass is 10.0. The zero-order valence-corrected chi connectivity index (χ0v) is 9.89. The molecule has 0 aromatic carbocycles. The molecule has 1 aliphatic rings. The molecule has 1 fully saturated rings. The Kier molecular flexibility index (Phi) is 2.76. The van der Waals surface area contributed by atoms with Gasteiger partial charge in [-0.15, -0.1) is 11.3 Å². The van der Waals surface area contributed by atoms with Gasteiger partial charge in [0.05, 0.1) is 10.7 Å². The second-order valence-electron chi connectivity index (χ2n) is 4.21. The number of nitrogens with one attached hydrogen (secondary N) is 2. The van der Waals surface area contributed by atoms with Gasteiger partial charge in [-0.3, -0.25) is 0 Å². The van der Waals surface area contributed by atoms with Crippen molar-refractivity contribution in [1.82, 2.24) is 15.3 Å². The Morgan fingerprint density at radius 1 is 1.44 bits per heavy atom. The summed E-state index contributed by atoms with van der Waals surface area (Å²) in [6.07, 6.45) is 6.48. The van der Waals surface area contributed by atoms with Gasteiger partial charge in [0.25, 0.3) is 0 Å². The van der Waals surface area contributed by atoms with Gasteiger partial charge in [-0.05, 0) is 25.5 Å². The number of nitrogens with zero attached hydrogens (tertiary/aromatic N) is 1. The standard InChI is InChI=1S/C12H15N3S/c1-2-10(7-13-4-1)12-15-11(8-16-12)9-3-5-14-6-9/h3,5-6,8,10,13-14H,1-2,4,7H2. The number of H-pyrrole nitrogens is 1. The van der Waals surface area contributed by atoms with Crippen molar-refractivity contribution in [2.75, 3.05) is 13.1 Å². The monoisotopic (exact) mass is 233 g/mol. The lowest BCUT2D eigenvalue weighted by Crippen LogP contribution is -2.28. The van der Waals surface area contributed by atoms with E-state index >= 15 is 0 Å². The summed E-state index contributed by atoms with van der Waals surface area (Å²) in [6.45, 7) is 2.24. The molecule has 4 heteroatoms. The summed E-state index contributed by atoms with van der Waals surface area (Å²) in [5.74, 6) is 0.617. The van der Waals surface area contributed by atoms with Gasteiger partial charge in [-0.25, -0.2) is 4.98 Å². The molecule has 0 aliphatic carbocycles. The van der Waals surface area contributed by atoms with E-state index in [9.17, 15) is 0 Å². The van der Waals surface area contributed by atoms with Gasteiger partial charge >= 0.3 is 0 Å². The van der Waals surface area contributed by atoms with Gasteiger partial charge in [0.15, 0.2) is 0 Å². The van der Waals surface area contributed by atoms with Crippen molar-refractivity contribution in [3.8, 4) is 11.3 Å². The molecule has 3 heterocycles. The minimum Gasteiger partial charge on any atom is -0.367 e. The van der Waals surface area contributed by atoms with Crippen molar-refractivity contribution in [2.45, 2.75) is 18.8 Å². The second kappa shape index (κ2) is 4.39. The summed E-state index contributed by atoms with van der Waals surface area (Å²) in [6, 6.07) is 2.07. The molecule has 0 bridgehead atoms. The van der Waals surface area contributed by atoms with Crippen LogP contribution in [0.1, 0.15) is 23.8 Å². The van der Waals surface area contributed by atoms with Gasteiger partial charge < -0.3 is 10.3 Å². The van der Waals surface area contributed by atoms with Gasteiger partial charge in [-0.1, -0.05) is 0 Å². The molecular formula is C12H15N3S. The summed E-state index contributed by atoms with van der Waals surface area (Å²) >= 11 is 1.79. The maximum absolute atomic E-state index is 4.73. The van der Waals surface area contributed by atoms with Crippen LogP contribution < -0.4 is 5.32 Å². The average molecular weight is 233 g/mol. The molecule has 0 saturated carbocycles. The summed E-state index contributed by atoms with van der Waals surface area (Å²) in [4.78, 5) is 7.80. The Hall–Kier alpha value is -1.13. The number of rotatable bonds is 2. The minimum absolute atomic E-state index is 0.617. The Bertz CT molecular complexity index is 441. The largest absolute Gasteiger partial charge is 0.367 e. The highest BCUT2D eigenvalue weighted by molar-refractivity contribution is 7.10. The quantitative estimate of drug-likeness (QED) is 0.837. The molecule has 1 unspecified atom stereocenters. The zero-order chi connectivity index (χ0) is 10.8. The first-order valence-corrected chi connectivity index (χ1v) is 6.61. The Balaban J connectivity index is 1.82. The summed E-state index contributed by atoms with van der Waals surface area (Å²) < 4.78 is 0. The molecule has 0 amide bonds. The molecule has 3 nitrogen and oxygen atoms in total. The average Bonchev–Trinajstić information content (AvgIpc) is 3.01. The molecule has 2 aromatic heterocycles. The molecule has 2 N–H and O–H groups in total. The molecule has 1 aliphatic heterocycles. The first-order chi connectivity index (χ1) is 7.93. The number of aromatic amines is 1. The summed E-state index contributed by atoms with van der Waals surface area (Å²) in [7, 11) is 0. The van der Waals surface area contributed by atoms with E-state index < -0.39 is 0 Å². The van der Waals surface area contributed by atoms with Crippen LogP contribution in [0.15, 0.2) is 23.8 Å². The van der Waals surface area contributed by atoms with Crippen LogP contribution in [0.3, 0.4) is 0 Å². The van der Waals surface area contributed by atoms with Gasteiger partial charge in [0, 0.05) is 35.8 Å². The van der Waals surface area contributed by atoms with Gasteiger partial charge in [-0.2, -0.15) is 0 Å². The predicted molar refractivity (Wildman–Crippen MR) is 66.7 cm³/mol. The van der Waals surface area contributed by atoms with Crippen LogP contribution in [0, 0.1) is 0 Å². The van der Waals surface area contributed by atoms with Crippen molar-refractivity contribution in [3.63, 3.8) is 0 Å². The van der Waals surface area contributed by atoms with Crippen LogP contribution in [0.5, 0.6) is 0 Å². The van der Waals surface area contributed by atoms with E-state index in [1.54, 1.807) is 11.3 Å². The van der Waals surface area contributed by atoms with Crippen LogP contribution in [-0.4, -0.2) is 23.1 Å². The maximum atomic E-state index is 4.73. The van der Waals surface area contributed by atoms with Crippen LogP contribution in [0.4, 0.5) is 0 Å². The van der Waals surface area contributed by atoms with E-state index in [-0.39, 0.29) is 0 Å². The highest BCUT2D eigenvalue weighted by atomic mass is 32.1. The number of aromatic nitrogens is 2. The molecule has 1 saturated heterocycles. The smallest absolute Gasteiger partial charge is 0.0976 e. The predicted octanol–water partition coefficient (Wildman–Crippen LogP) is 2.61. The topological polar surface area (TPSA) is 40.7 Å². The maximum Gasteiger partial charge on any atom is 0.0976 e. The van der Waals surface area contributed by atoms with E-state index in [0.717, 1.165) is 18.8 Å².